The smallest absolute Gasteiger partial charge is 0.251 e. The Kier molecular flexibility index (Phi) is 6.35. The molecule has 0 atom stereocenters. The Morgan fingerprint density at radius 3 is 2.58 bits per heavy atom. The third kappa shape index (κ3) is 4.91. The van der Waals surface area contributed by atoms with Crippen LogP contribution in [0.5, 0.6) is 5.75 Å². The van der Waals surface area contributed by atoms with E-state index >= 15 is 0 Å². The molecule has 3 aromatic carbocycles. The van der Waals surface area contributed by atoms with Crippen molar-refractivity contribution in [3.05, 3.63) is 83.4 Å². The first-order valence-corrected chi connectivity index (χ1v) is 12.3. The zero-order chi connectivity index (χ0) is 22.6. The number of hydrogen-bond acceptors (Lipinski definition) is 5. The molecule has 0 unspecified atom stereocenters. The number of amidine groups is 1. The molecule has 2 N–H and O–H groups in total. The molecule has 5 nitrogen and oxygen atoms in total. The van der Waals surface area contributed by atoms with E-state index in [2.05, 4.69) is 34.5 Å². The zero-order valence-electron chi connectivity index (χ0n) is 18.5. The van der Waals surface area contributed by atoms with E-state index in [0.29, 0.717) is 18.5 Å². The van der Waals surface area contributed by atoms with Crippen molar-refractivity contribution < 1.29 is 9.90 Å². The van der Waals surface area contributed by atoms with Crippen molar-refractivity contribution in [1.82, 2.24) is 10.2 Å². The second-order valence-corrected chi connectivity index (χ2v) is 9.52. The number of phenols is 1. The lowest BCUT2D eigenvalue weighted by molar-refractivity contribution is 0.0954. The Morgan fingerprint density at radius 1 is 0.970 bits per heavy atom. The van der Waals surface area contributed by atoms with Crippen molar-refractivity contribution in [3.8, 4) is 5.75 Å². The normalized spacial score (nSPS) is 15.2. The summed E-state index contributed by atoms with van der Waals surface area (Å²) in [5, 5.41) is 12.4. The first-order valence-electron chi connectivity index (χ1n) is 11.5. The van der Waals surface area contributed by atoms with Gasteiger partial charge in [-0.1, -0.05) is 42.1 Å². The Hall–Kier alpha value is -3.25. The van der Waals surface area contributed by atoms with Gasteiger partial charge in [0.1, 0.15) is 11.6 Å². The number of carbonyl (C=O) groups is 1. The van der Waals surface area contributed by atoms with Gasteiger partial charge >= 0.3 is 0 Å². The lowest BCUT2D eigenvalue weighted by Crippen LogP contribution is -2.36. The predicted molar refractivity (Wildman–Crippen MR) is 133 cm³/mol. The Labute approximate surface area is 198 Å². The summed E-state index contributed by atoms with van der Waals surface area (Å²) < 4.78 is 0. The highest BCUT2D eigenvalue weighted by atomic mass is 32.2. The summed E-state index contributed by atoms with van der Waals surface area (Å²) in [4.78, 5) is 22.6. The van der Waals surface area contributed by atoms with Crippen LogP contribution < -0.4 is 5.32 Å². The van der Waals surface area contributed by atoms with Crippen LogP contribution in [0.1, 0.15) is 40.7 Å². The number of hydrogen-bond donors (Lipinski definition) is 2. The van der Waals surface area contributed by atoms with Gasteiger partial charge in [-0.3, -0.25) is 4.79 Å². The molecule has 1 fully saturated rings. The van der Waals surface area contributed by atoms with E-state index in [0.717, 1.165) is 35.1 Å². The molecule has 0 aromatic heterocycles. The van der Waals surface area contributed by atoms with Crippen molar-refractivity contribution in [2.45, 2.75) is 35.5 Å². The number of nitrogens with zero attached hydrogens (tertiary/aromatic N) is 2. The van der Waals surface area contributed by atoms with Gasteiger partial charge in [0.15, 0.2) is 0 Å². The van der Waals surface area contributed by atoms with Crippen LogP contribution in [-0.4, -0.2) is 41.4 Å². The fourth-order valence-corrected chi connectivity index (χ4v) is 5.30. The van der Waals surface area contributed by atoms with Crippen LogP contribution >= 0.6 is 11.8 Å². The highest BCUT2D eigenvalue weighted by Crippen LogP contribution is 2.41. The molecule has 2 heterocycles. The summed E-state index contributed by atoms with van der Waals surface area (Å²) in [6, 6.07) is 21.3. The molecule has 0 spiro atoms. The quantitative estimate of drug-likeness (QED) is 0.551. The second kappa shape index (κ2) is 9.71. The maximum absolute atomic E-state index is 12.8. The average molecular weight is 458 g/mol. The van der Waals surface area contributed by atoms with Crippen LogP contribution in [0.3, 0.4) is 0 Å². The monoisotopic (exact) mass is 457 g/mol. The van der Waals surface area contributed by atoms with Gasteiger partial charge in [0.25, 0.3) is 5.91 Å². The molecule has 0 saturated carbocycles. The number of rotatable bonds is 4. The Morgan fingerprint density at radius 2 is 1.76 bits per heavy atom. The summed E-state index contributed by atoms with van der Waals surface area (Å²) in [6.45, 7) is 2.57. The van der Waals surface area contributed by atoms with Crippen molar-refractivity contribution in [1.29, 1.82) is 0 Å². The number of carbonyl (C=O) groups excluding carboxylic acids is 1. The molecule has 0 aliphatic carbocycles. The molecule has 3 aromatic rings. The van der Waals surface area contributed by atoms with E-state index in [9.17, 15) is 9.90 Å². The average Bonchev–Trinajstić information content (AvgIpc) is 3.02. The van der Waals surface area contributed by atoms with Crippen molar-refractivity contribution >= 4 is 29.2 Å². The van der Waals surface area contributed by atoms with E-state index in [-0.39, 0.29) is 11.7 Å². The Balaban J connectivity index is 1.37. The highest BCUT2D eigenvalue weighted by molar-refractivity contribution is 7.99. The minimum absolute atomic E-state index is 0.0990. The molecule has 33 heavy (non-hydrogen) atoms. The van der Waals surface area contributed by atoms with E-state index in [4.69, 9.17) is 4.99 Å². The van der Waals surface area contributed by atoms with Crippen molar-refractivity contribution in [2.75, 3.05) is 19.6 Å². The molecule has 0 bridgehead atoms. The summed E-state index contributed by atoms with van der Waals surface area (Å²) in [5.41, 5.74) is 3.70. The molecule has 2 aliphatic heterocycles. The summed E-state index contributed by atoms with van der Waals surface area (Å²) >= 11 is 1.71. The van der Waals surface area contributed by atoms with Gasteiger partial charge < -0.3 is 15.3 Å². The summed E-state index contributed by atoms with van der Waals surface area (Å²) in [6.07, 6.45) is 4.35. The van der Waals surface area contributed by atoms with Gasteiger partial charge in [0, 0.05) is 40.6 Å². The largest absolute Gasteiger partial charge is 0.508 e. The fraction of sp³-hybridized carbons (Fsp3) is 0.259. The van der Waals surface area contributed by atoms with E-state index in [1.165, 1.54) is 29.7 Å². The van der Waals surface area contributed by atoms with Crippen LogP contribution in [-0.2, 0) is 6.42 Å². The number of piperidine rings is 1. The van der Waals surface area contributed by atoms with Crippen molar-refractivity contribution in [3.63, 3.8) is 0 Å². The van der Waals surface area contributed by atoms with Crippen LogP contribution in [0.2, 0.25) is 0 Å². The standard InChI is InChI=1S/C27H27N3O2S/c31-21-11-8-19(9-12-21)14-15-28-27(32)20-10-13-25-23(18-20)29-26(30-16-4-1-5-17-30)22-6-2-3-7-24(22)33-25/h2-3,6-13,18,31H,1,4-5,14-17H2,(H,28,32). The maximum Gasteiger partial charge on any atom is 0.251 e. The predicted octanol–water partition coefficient (Wildman–Crippen LogP) is 5.39. The summed E-state index contributed by atoms with van der Waals surface area (Å²) in [5.74, 6) is 1.16. The van der Waals surface area contributed by atoms with Crippen molar-refractivity contribution in [2.24, 2.45) is 4.99 Å². The second-order valence-electron chi connectivity index (χ2n) is 8.44. The third-order valence-electron chi connectivity index (χ3n) is 6.09. The number of benzene rings is 3. The molecule has 6 heteroatoms. The van der Waals surface area contributed by atoms with E-state index < -0.39 is 0 Å². The molecule has 0 radical (unpaired) electrons. The number of fused-ring (bicyclic) bond motifs is 2. The van der Waals surface area contributed by atoms with Gasteiger partial charge in [-0.15, -0.1) is 0 Å². The van der Waals surface area contributed by atoms with E-state index in [1.54, 1.807) is 23.9 Å². The third-order valence-corrected chi connectivity index (χ3v) is 7.23. The van der Waals surface area contributed by atoms with Gasteiger partial charge in [0.2, 0.25) is 0 Å². The number of amides is 1. The van der Waals surface area contributed by atoms with E-state index in [1.807, 2.05) is 30.3 Å². The molecular weight excluding hydrogens is 430 g/mol. The minimum Gasteiger partial charge on any atom is -0.508 e. The number of nitrogens with one attached hydrogen (secondary N) is 1. The first-order chi connectivity index (χ1) is 16.2. The molecule has 168 valence electrons. The van der Waals surface area contributed by atoms with Gasteiger partial charge in [-0.05, 0) is 67.6 Å². The van der Waals surface area contributed by atoms with Crippen LogP contribution in [0.15, 0.2) is 81.5 Å². The molecular formula is C27H27N3O2S. The molecule has 1 amide bonds. The first kappa shape index (κ1) is 21.6. The topological polar surface area (TPSA) is 64.9 Å². The Bertz CT molecular complexity index is 1180. The molecule has 5 rings (SSSR count). The molecule has 1 saturated heterocycles. The maximum atomic E-state index is 12.8. The van der Waals surface area contributed by atoms with Gasteiger partial charge in [-0.2, -0.15) is 0 Å². The number of aliphatic imine (C=N–C) groups is 1. The van der Waals surface area contributed by atoms with Crippen LogP contribution in [0.25, 0.3) is 0 Å². The number of likely N-dealkylation sites (tertiary alicyclic amines) is 1. The zero-order valence-corrected chi connectivity index (χ0v) is 19.3. The molecule has 2 aliphatic rings. The van der Waals surface area contributed by atoms with Crippen LogP contribution in [0, 0.1) is 0 Å². The summed E-state index contributed by atoms with van der Waals surface area (Å²) in [7, 11) is 0. The lowest BCUT2D eigenvalue weighted by Gasteiger charge is -2.30. The minimum atomic E-state index is -0.0990. The lowest BCUT2D eigenvalue weighted by atomic mass is 10.1. The number of aromatic hydroxyl groups is 1. The SMILES string of the molecule is O=C(NCCc1ccc(O)cc1)c1ccc2c(c1)N=C(N1CCCCC1)c1ccccc1S2. The van der Waals surface area contributed by atoms with Gasteiger partial charge in [0.05, 0.1) is 5.69 Å². The fourth-order valence-electron chi connectivity index (χ4n) is 4.30. The number of phenolic OH excluding ortho intramolecular Hbond substituents is 1. The highest BCUT2D eigenvalue weighted by Gasteiger charge is 2.23. The van der Waals surface area contributed by atoms with Gasteiger partial charge in [-0.25, -0.2) is 4.99 Å². The van der Waals surface area contributed by atoms with Crippen LogP contribution in [0.4, 0.5) is 5.69 Å².